The Morgan fingerprint density at radius 3 is 1.50 bits per heavy atom. The molecule has 0 atom stereocenters. The van der Waals surface area contributed by atoms with Gasteiger partial charge >= 0.3 is 0 Å². The fraction of sp³-hybridized carbons (Fsp3) is 0. The summed E-state index contributed by atoms with van der Waals surface area (Å²) < 4.78 is 0.639. The van der Waals surface area contributed by atoms with Crippen molar-refractivity contribution in [2.24, 2.45) is 0 Å². The van der Waals surface area contributed by atoms with Gasteiger partial charge in [-0.2, -0.15) is 0 Å². The van der Waals surface area contributed by atoms with Gasteiger partial charge in [-0.1, -0.05) is 16.2 Å². The molecule has 0 saturated carbocycles. The van der Waals surface area contributed by atoms with Crippen LogP contribution in [0.15, 0.2) is 0 Å². The third-order valence-corrected chi connectivity index (χ3v) is 0. The van der Waals surface area contributed by atoms with Crippen molar-refractivity contribution in [2.45, 2.75) is 0 Å². The van der Waals surface area contributed by atoms with Crippen LogP contribution in [0, 0.1) is 0 Å². The minimum Gasteiger partial charge on any atom is -0.0754 e. The summed E-state index contributed by atoms with van der Waals surface area (Å²) in [5, 5.41) is 0. The predicted molar refractivity (Wildman–Crippen MR) is 22.5 cm³/mol. The van der Waals surface area contributed by atoms with Crippen molar-refractivity contribution >= 4 is 36.4 Å². The summed E-state index contributed by atoms with van der Waals surface area (Å²) in [6, 6.07) is 0. The SMILES string of the molecule is SN(Cl)Cl. The smallest absolute Gasteiger partial charge is 0.00689 e. The lowest BCUT2D eigenvalue weighted by Crippen LogP contribution is -1.62. The highest BCUT2D eigenvalue weighted by molar-refractivity contribution is 7.79. The van der Waals surface area contributed by atoms with Gasteiger partial charge in [0.25, 0.3) is 0 Å². The van der Waals surface area contributed by atoms with Crippen LogP contribution in [0.5, 0.6) is 0 Å². The Morgan fingerprint density at radius 1 is 1.50 bits per heavy atom. The zero-order valence-corrected chi connectivity index (χ0v) is 4.06. The van der Waals surface area contributed by atoms with E-state index in [4.69, 9.17) is 23.6 Å². The van der Waals surface area contributed by atoms with Crippen LogP contribution in [-0.2, 0) is 0 Å². The van der Waals surface area contributed by atoms with E-state index in [0.29, 0.717) is 3.34 Å². The van der Waals surface area contributed by atoms with Gasteiger partial charge in [0.05, 0.1) is 0 Å². The second-order valence-corrected chi connectivity index (χ2v) is 1.94. The van der Waals surface area contributed by atoms with Gasteiger partial charge in [-0.25, -0.2) is 0 Å². The highest BCUT2D eigenvalue weighted by atomic mass is 35.5. The minimum atomic E-state index is 0.639. The second-order valence-electron chi connectivity index (χ2n) is 0.215. The molecule has 0 aromatic carbocycles. The van der Waals surface area contributed by atoms with Gasteiger partial charge in [-0.15, -0.1) is 0 Å². The van der Waals surface area contributed by atoms with Gasteiger partial charge in [0.15, 0.2) is 0 Å². The molecule has 0 aliphatic heterocycles. The highest BCUT2D eigenvalue weighted by Gasteiger charge is 1.69. The molecule has 4 heavy (non-hydrogen) atoms. The molecule has 0 heterocycles. The standard InChI is InChI=1S/Cl2HNS/c1-3(2)4/h4H. The van der Waals surface area contributed by atoms with Crippen molar-refractivity contribution in [1.82, 2.24) is 3.34 Å². The average molecular weight is 118 g/mol. The summed E-state index contributed by atoms with van der Waals surface area (Å²) in [7, 11) is 0. The third-order valence-electron chi connectivity index (χ3n) is 0. The second kappa shape index (κ2) is 2.15. The number of hydrogen-bond donors (Lipinski definition) is 1. The number of hydrogen-bond acceptors (Lipinski definition) is 2. The maximum atomic E-state index is 4.74. The lowest BCUT2D eigenvalue weighted by Gasteiger charge is -1.78. The van der Waals surface area contributed by atoms with Gasteiger partial charge in [0, 0.05) is 23.6 Å². The van der Waals surface area contributed by atoms with Gasteiger partial charge in [0.2, 0.25) is 0 Å². The molecule has 0 N–H and O–H groups in total. The Bertz CT molecular complexity index is 10.8. The van der Waals surface area contributed by atoms with Gasteiger partial charge in [0.1, 0.15) is 0 Å². The van der Waals surface area contributed by atoms with Crippen molar-refractivity contribution in [3.63, 3.8) is 0 Å². The Hall–Kier alpha value is 0.890. The van der Waals surface area contributed by atoms with Crippen molar-refractivity contribution in [3.05, 3.63) is 0 Å². The molecule has 1 nitrogen and oxygen atoms in total. The molecule has 0 rings (SSSR count). The molecule has 0 aromatic heterocycles. The molecule has 0 aliphatic carbocycles. The lowest BCUT2D eigenvalue weighted by molar-refractivity contribution is 1.25. The Kier molecular flexibility index (Phi) is 2.62. The van der Waals surface area contributed by atoms with Gasteiger partial charge < -0.3 is 0 Å². The van der Waals surface area contributed by atoms with Crippen LogP contribution in [0.4, 0.5) is 0 Å². The normalized spacial score (nSPS) is 9.00. The first-order valence-corrected chi connectivity index (χ1v) is 1.61. The van der Waals surface area contributed by atoms with E-state index in [1.54, 1.807) is 0 Å². The van der Waals surface area contributed by atoms with Crippen LogP contribution in [0.2, 0.25) is 0 Å². The number of nitrogens with zero attached hydrogens (tertiary/aromatic N) is 1. The third kappa shape index (κ3) is 13.0. The minimum absolute atomic E-state index is 0.639. The van der Waals surface area contributed by atoms with E-state index in [-0.39, 0.29) is 0 Å². The molecule has 0 radical (unpaired) electrons. The van der Waals surface area contributed by atoms with E-state index >= 15 is 0 Å². The molecule has 26 valence electrons. The number of halogens is 2. The van der Waals surface area contributed by atoms with E-state index in [9.17, 15) is 0 Å². The molecular formula is HCl2NS. The lowest BCUT2D eigenvalue weighted by atomic mass is 13.9. The monoisotopic (exact) mass is 117 g/mol. The molecule has 0 amide bonds. The first-order valence-electron chi connectivity index (χ1n) is 0.538. The summed E-state index contributed by atoms with van der Waals surface area (Å²) in [5.41, 5.74) is 0. The van der Waals surface area contributed by atoms with Crippen LogP contribution in [0.3, 0.4) is 0 Å². The van der Waals surface area contributed by atoms with Crippen LogP contribution >= 0.6 is 36.4 Å². The van der Waals surface area contributed by atoms with E-state index in [2.05, 4.69) is 12.8 Å². The van der Waals surface area contributed by atoms with Crippen molar-refractivity contribution < 1.29 is 0 Å². The molecule has 0 aliphatic rings. The Labute approximate surface area is 40.3 Å². The molecule has 0 bridgehead atoms. The maximum absolute atomic E-state index is 4.74. The summed E-state index contributed by atoms with van der Waals surface area (Å²) in [5.74, 6) is 0. The fourth-order valence-corrected chi connectivity index (χ4v) is 0. The van der Waals surface area contributed by atoms with Crippen LogP contribution in [-0.4, -0.2) is 3.34 Å². The predicted octanol–water partition coefficient (Wildman–Crippen LogP) is 1.44. The van der Waals surface area contributed by atoms with Crippen molar-refractivity contribution in [3.8, 4) is 0 Å². The highest BCUT2D eigenvalue weighted by Crippen LogP contribution is 1.98. The first kappa shape index (κ1) is 4.89. The molecule has 0 aromatic rings. The Morgan fingerprint density at radius 2 is 1.50 bits per heavy atom. The van der Waals surface area contributed by atoms with E-state index < -0.39 is 0 Å². The summed E-state index contributed by atoms with van der Waals surface area (Å²) in [4.78, 5) is 0. The number of thiol groups is 1. The largest absolute Gasteiger partial charge is 0.0754 e. The van der Waals surface area contributed by atoms with Crippen molar-refractivity contribution in [2.75, 3.05) is 0 Å². The maximum Gasteiger partial charge on any atom is 0.00689 e. The molecule has 0 saturated heterocycles. The molecule has 4 heteroatoms. The molecule has 0 fully saturated rings. The summed E-state index contributed by atoms with van der Waals surface area (Å²) in [6.07, 6.45) is 0. The zero-order chi connectivity index (χ0) is 3.58. The van der Waals surface area contributed by atoms with Gasteiger partial charge in [-0.3, -0.25) is 0 Å². The van der Waals surface area contributed by atoms with Crippen LogP contribution in [0.25, 0.3) is 0 Å². The first-order chi connectivity index (χ1) is 1.73. The fourth-order valence-electron chi connectivity index (χ4n) is 0. The summed E-state index contributed by atoms with van der Waals surface area (Å²) in [6.45, 7) is 0. The Balaban J connectivity index is 2.32. The van der Waals surface area contributed by atoms with E-state index in [1.165, 1.54) is 0 Å². The molecular weight excluding hydrogens is 117 g/mol. The number of rotatable bonds is 0. The van der Waals surface area contributed by atoms with E-state index in [1.807, 2.05) is 0 Å². The quantitative estimate of drug-likeness (QED) is 0.372. The van der Waals surface area contributed by atoms with Crippen LogP contribution in [0.1, 0.15) is 0 Å². The topological polar surface area (TPSA) is 3.24 Å². The van der Waals surface area contributed by atoms with Crippen LogP contribution < -0.4 is 0 Å². The zero-order valence-electron chi connectivity index (χ0n) is 1.65. The molecule has 0 unspecified atom stereocenters. The molecule has 0 spiro atoms. The summed E-state index contributed by atoms with van der Waals surface area (Å²) >= 11 is 12.8. The van der Waals surface area contributed by atoms with Gasteiger partial charge in [-0.05, 0) is 0 Å². The van der Waals surface area contributed by atoms with E-state index in [0.717, 1.165) is 0 Å². The average Bonchev–Trinajstić information content (AvgIpc) is 0.811. The van der Waals surface area contributed by atoms with Crippen molar-refractivity contribution in [1.29, 1.82) is 0 Å².